The Morgan fingerprint density at radius 3 is 2.58 bits per heavy atom. The van der Waals surface area contributed by atoms with E-state index in [4.69, 9.17) is 21.1 Å². The van der Waals surface area contributed by atoms with Gasteiger partial charge in [-0.25, -0.2) is 4.98 Å². The number of hydrogen-bond donors (Lipinski definition) is 2. The Bertz CT molecular complexity index is 1230. The number of hydrogen-bond acceptors (Lipinski definition) is 9. The second-order valence-electron chi connectivity index (χ2n) is 10.3. The maximum Gasteiger partial charge on any atom is 0.247 e. The average molecular weight is 572 g/mol. The number of anilines is 4. The van der Waals surface area contributed by atoms with Gasteiger partial charge in [-0.3, -0.25) is 9.59 Å². The van der Waals surface area contributed by atoms with Crippen LogP contribution in [-0.2, 0) is 9.59 Å². The highest BCUT2D eigenvalue weighted by Crippen LogP contribution is 2.39. The van der Waals surface area contributed by atoms with Crippen molar-refractivity contribution >= 4 is 46.4 Å². The Hall–Kier alpha value is -3.57. The molecule has 0 saturated carbocycles. The number of methoxy groups -OCH3 is 1. The van der Waals surface area contributed by atoms with Crippen LogP contribution in [0.2, 0.25) is 5.02 Å². The van der Waals surface area contributed by atoms with Crippen LogP contribution >= 0.6 is 11.6 Å². The molecule has 0 unspecified atom stereocenters. The Kier molecular flexibility index (Phi) is 9.70. The summed E-state index contributed by atoms with van der Waals surface area (Å²) < 4.78 is 11.8. The number of nitrogens with one attached hydrogen (secondary N) is 2. The van der Waals surface area contributed by atoms with Crippen molar-refractivity contribution in [1.29, 1.82) is 0 Å². The van der Waals surface area contributed by atoms with Gasteiger partial charge < -0.3 is 34.8 Å². The number of carbonyl (C=O) groups is 2. The Morgan fingerprint density at radius 1 is 1.18 bits per heavy atom. The number of halogens is 1. The molecule has 0 aliphatic carbocycles. The summed E-state index contributed by atoms with van der Waals surface area (Å²) in [6.07, 6.45) is 6.14. The zero-order valence-corrected chi connectivity index (χ0v) is 24.3. The van der Waals surface area contributed by atoms with Crippen molar-refractivity contribution in [1.82, 2.24) is 19.8 Å². The normalized spacial score (nSPS) is 17.9. The minimum absolute atomic E-state index is 0.0152. The van der Waals surface area contributed by atoms with Crippen LogP contribution in [0.5, 0.6) is 11.6 Å². The highest BCUT2D eigenvalue weighted by Gasteiger charge is 2.26. The number of benzene rings is 1. The predicted octanol–water partition coefficient (Wildman–Crippen LogP) is 3.93. The summed E-state index contributed by atoms with van der Waals surface area (Å²) in [6, 6.07) is 4.23. The standard InChI is InChI=1S/C28H38ClN7O4/c1-6-26(38)31-22-14-23(25(39-5)15-24(22)35-12-9-19(10-13-35)34(3)4)32-28-30-16-21(29)27(33-28)40-20-8-7-11-36(17-20)18(2)37/h6,14-16,19-20H,1,7-13,17H2,2-5H3,(H,31,38)(H,30,32,33)/t20-/m1/s1. The molecule has 2 saturated heterocycles. The van der Waals surface area contributed by atoms with E-state index >= 15 is 0 Å². The number of likely N-dealkylation sites (tertiary alicyclic amines) is 1. The summed E-state index contributed by atoms with van der Waals surface area (Å²) in [6.45, 7) is 8.03. The molecule has 1 aromatic carbocycles. The summed E-state index contributed by atoms with van der Waals surface area (Å²) >= 11 is 6.36. The highest BCUT2D eigenvalue weighted by molar-refractivity contribution is 6.31. The molecule has 0 radical (unpaired) electrons. The van der Waals surface area contributed by atoms with E-state index in [1.165, 1.54) is 12.3 Å². The van der Waals surface area contributed by atoms with E-state index < -0.39 is 0 Å². The van der Waals surface area contributed by atoms with Crippen molar-refractivity contribution in [2.75, 3.05) is 62.9 Å². The summed E-state index contributed by atoms with van der Waals surface area (Å²) in [7, 11) is 5.79. The number of amides is 2. The lowest BCUT2D eigenvalue weighted by Gasteiger charge is -2.37. The quantitative estimate of drug-likeness (QED) is 0.432. The molecular weight excluding hydrogens is 534 g/mol. The first-order chi connectivity index (χ1) is 19.2. The molecule has 2 aliphatic rings. The maximum atomic E-state index is 12.3. The van der Waals surface area contributed by atoms with Crippen molar-refractivity contribution in [3.8, 4) is 11.6 Å². The minimum Gasteiger partial charge on any atom is -0.494 e. The predicted molar refractivity (Wildman–Crippen MR) is 157 cm³/mol. The molecule has 12 heteroatoms. The van der Waals surface area contributed by atoms with Gasteiger partial charge in [0.15, 0.2) is 0 Å². The van der Waals surface area contributed by atoms with E-state index in [9.17, 15) is 9.59 Å². The van der Waals surface area contributed by atoms with Crippen molar-refractivity contribution in [2.24, 2.45) is 0 Å². The summed E-state index contributed by atoms with van der Waals surface area (Å²) in [5.74, 6) is 0.741. The monoisotopic (exact) mass is 571 g/mol. The lowest BCUT2D eigenvalue weighted by atomic mass is 10.0. The van der Waals surface area contributed by atoms with E-state index in [-0.39, 0.29) is 34.8 Å². The number of aromatic nitrogens is 2. The van der Waals surface area contributed by atoms with Gasteiger partial charge >= 0.3 is 0 Å². The molecule has 0 spiro atoms. The third kappa shape index (κ3) is 7.14. The molecule has 4 rings (SSSR count). The third-order valence-corrected chi connectivity index (χ3v) is 7.62. The van der Waals surface area contributed by atoms with Gasteiger partial charge in [0.05, 0.1) is 36.9 Å². The van der Waals surface area contributed by atoms with E-state index in [1.807, 2.05) is 6.07 Å². The van der Waals surface area contributed by atoms with Gasteiger partial charge in [-0.15, -0.1) is 0 Å². The van der Waals surface area contributed by atoms with E-state index in [1.54, 1.807) is 25.0 Å². The fourth-order valence-corrected chi connectivity index (χ4v) is 5.23. The summed E-state index contributed by atoms with van der Waals surface area (Å²) in [4.78, 5) is 39.2. The average Bonchev–Trinajstić information content (AvgIpc) is 2.95. The Morgan fingerprint density at radius 2 is 1.93 bits per heavy atom. The van der Waals surface area contributed by atoms with E-state index in [2.05, 4.69) is 51.1 Å². The van der Waals surface area contributed by atoms with E-state index in [0.717, 1.165) is 44.5 Å². The molecule has 0 bridgehead atoms. The Labute approximate surface area is 240 Å². The number of carbonyl (C=O) groups excluding carboxylic acids is 2. The first-order valence-corrected chi connectivity index (χ1v) is 13.8. The van der Waals surface area contributed by atoms with Crippen LogP contribution in [0, 0.1) is 0 Å². The topological polar surface area (TPSA) is 112 Å². The zero-order chi connectivity index (χ0) is 28.8. The van der Waals surface area contributed by atoms with Crippen molar-refractivity contribution in [2.45, 2.75) is 44.8 Å². The van der Waals surface area contributed by atoms with Gasteiger partial charge in [0.1, 0.15) is 16.9 Å². The molecule has 2 N–H and O–H groups in total. The van der Waals surface area contributed by atoms with Crippen LogP contribution in [0.25, 0.3) is 0 Å². The van der Waals surface area contributed by atoms with Crippen LogP contribution in [0.1, 0.15) is 32.6 Å². The molecule has 40 heavy (non-hydrogen) atoms. The van der Waals surface area contributed by atoms with Crippen LogP contribution in [0.15, 0.2) is 31.0 Å². The van der Waals surface area contributed by atoms with Gasteiger partial charge in [0.25, 0.3) is 0 Å². The molecule has 1 atom stereocenters. The van der Waals surface area contributed by atoms with Gasteiger partial charge in [0, 0.05) is 38.7 Å². The smallest absolute Gasteiger partial charge is 0.247 e. The number of nitrogens with zero attached hydrogens (tertiary/aromatic N) is 5. The first-order valence-electron chi connectivity index (χ1n) is 13.5. The molecule has 216 valence electrons. The molecule has 1 aromatic heterocycles. The van der Waals surface area contributed by atoms with Crippen LogP contribution < -0.4 is 25.0 Å². The molecular formula is C28H38ClN7O4. The maximum absolute atomic E-state index is 12.3. The third-order valence-electron chi connectivity index (χ3n) is 7.36. The molecule has 2 fully saturated rings. The fourth-order valence-electron chi connectivity index (χ4n) is 5.10. The highest BCUT2D eigenvalue weighted by atomic mass is 35.5. The zero-order valence-electron chi connectivity index (χ0n) is 23.6. The summed E-state index contributed by atoms with van der Waals surface area (Å²) in [5, 5.41) is 6.39. The number of piperidine rings is 2. The van der Waals surface area contributed by atoms with Gasteiger partial charge in [-0.05, 0) is 51.9 Å². The second kappa shape index (κ2) is 13.2. The fraction of sp³-hybridized carbons (Fsp3) is 0.500. The van der Waals surface area contributed by atoms with Gasteiger partial charge in [-0.2, -0.15) is 4.98 Å². The van der Waals surface area contributed by atoms with Crippen LogP contribution in [-0.4, -0.2) is 91.1 Å². The molecule has 2 aromatic rings. The van der Waals surface area contributed by atoms with Gasteiger partial charge in [0.2, 0.25) is 23.6 Å². The molecule has 2 amide bonds. The lowest BCUT2D eigenvalue weighted by Crippen LogP contribution is -2.43. The van der Waals surface area contributed by atoms with Crippen molar-refractivity contribution < 1.29 is 19.1 Å². The van der Waals surface area contributed by atoms with Crippen LogP contribution in [0.4, 0.5) is 23.0 Å². The molecule has 2 aliphatic heterocycles. The molecule has 3 heterocycles. The lowest BCUT2D eigenvalue weighted by molar-refractivity contribution is -0.131. The van der Waals surface area contributed by atoms with E-state index in [0.29, 0.717) is 36.3 Å². The first kappa shape index (κ1) is 29.4. The van der Waals surface area contributed by atoms with Crippen molar-refractivity contribution in [3.05, 3.63) is 36.0 Å². The van der Waals surface area contributed by atoms with Crippen molar-refractivity contribution in [3.63, 3.8) is 0 Å². The minimum atomic E-state index is -0.314. The number of rotatable bonds is 9. The largest absolute Gasteiger partial charge is 0.494 e. The SMILES string of the molecule is C=CC(=O)Nc1cc(Nc2ncc(Cl)c(O[C@@H]3CCCN(C(C)=O)C3)n2)c(OC)cc1N1CCC(N(C)C)CC1. The van der Waals surface area contributed by atoms with Crippen LogP contribution in [0.3, 0.4) is 0 Å². The summed E-state index contributed by atoms with van der Waals surface area (Å²) in [5.41, 5.74) is 2.04. The second-order valence-corrected chi connectivity index (χ2v) is 10.7. The number of ether oxygens (including phenoxy) is 2. The molecule has 11 nitrogen and oxygen atoms in total. The Balaban J connectivity index is 1.58. The van der Waals surface area contributed by atoms with Gasteiger partial charge in [-0.1, -0.05) is 18.2 Å².